The van der Waals surface area contributed by atoms with E-state index in [0.717, 1.165) is 37.7 Å². The topological polar surface area (TPSA) is 44.4 Å². The van der Waals surface area contributed by atoms with E-state index in [1.165, 1.54) is 49.8 Å². The summed E-state index contributed by atoms with van der Waals surface area (Å²) in [6.07, 6.45) is 10.9. The van der Waals surface area contributed by atoms with E-state index in [2.05, 4.69) is 52.8 Å². The van der Waals surface area contributed by atoms with Crippen molar-refractivity contribution in [2.75, 3.05) is 36.4 Å². The van der Waals surface area contributed by atoms with Gasteiger partial charge in [0.2, 0.25) is 5.91 Å². The molecule has 4 nitrogen and oxygen atoms in total. The Balaban J connectivity index is 1.36. The van der Waals surface area contributed by atoms with E-state index in [-0.39, 0.29) is 5.91 Å². The predicted molar refractivity (Wildman–Crippen MR) is 110 cm³/mol. The lowest BCUT2D eigenvalue weighted by Gasteiger charge is -2.32. The summed E-state index contributed by atoms with van der Waals surface area (Å²) in [4.78, 5) is 14.5. The third-order valence-corrected chi connectivity index (χ3v) is 5.62. The van der Waals surface area contributed by atoms with E-state index in [1.54, 1.807) is 0 Å². The van der Waals surface area contributed by atoms with Gasteiger partial charge >= 0.3 is 0 Å². The van der Waals surface area contributed by atoms with Crippen molar-refractivity contribution >= 4 is 17.3 Å². The van der Waals surface area contributed by atoms with Crippen LogP contribution in [0.3, 0.4) is 0 Å². The summed E-state index contributed by atoms with van der Waals surface area (Å²) in [7, 11) is 0. The monoisotopic (exact) mass is 355 g/mol. The number of nitrogens with zero attached hydrogens (tertiary/aromatic N) is 1. The molecule has 0 spiro atoms. The average molecular weight is 356 g/mol. The van der Waals surface area contributed by atoms with Crippen LogP contribution in [0.4, 0.5) is 11.4 Å². The van der Waals surface area contributed by atoms with Crippen molar-refractivity contribution in [2.24, 2.45) is 5.92 Å². The number of anilines is 2. The third kappa shape index (κ3) is 5.79. The molecule has 2 N–H and O–H groups in total. The summed E-state index contributed by atoms with van der Waals surface area (Å²) in [6, 6.07) is 8.47. The lowest BCUT2D eigenvalue weighted by molar-refractivity contribution is -0.119. The molecular weight excluding hydrogens is 322 g/mol. The molecular formula is C22H33N3O. The van der Waals surface area contributed by atoms with Crippen LogP contribution in [-0.2, 0) is 4.79 Å². The predicted octanol–water partition coefficient (Wildman–Crippen LogP) is 4.34. The highest BCUT2D eigenvalue weighted by molar-refractivity contribution is 5.80. The fourth-order valence-corrected chi connectivity index (χ4v) is 3.80. The van der Waals surface area contributed by atoms with Crippen LogP contribution in [0.5, 0.6) is 0 Å². The highest BCUT2D eigenvalue weighted by atomic mass is 16.1. The van der Waals surface area contributed by atoms with Gasteiger partial charge in [-0.1, -0.05) is 18.6 Å². The molecule has 1 aliphatic carbocycles. The number of carbonyl (C=O) groups excluding carboxylic acids is 1. The summed E-state index contributed by atoms with van der Waals surface area (Å²) < 4.78 is 0. The zero-order valence-corrected chi connectivity index (χ0v) is 16.1. The fourth-order valence-electron chi connectivity index (χ4n) is 3.80. The normalized spacial score (nSPS) is 18.3. The van der Waals surface area contributed by atoms with Crippen LogP contribution >= 0.6 is 0 Å². The Kier molecular flexibility index (Phi) is 6.98. The second-order valence-corrected chi connectivity index (χ2v) is 7.78. The van der Waals surface area contributed by atoms with Gasteiger partial charge in [-0.2, -0.15) is 0 Å². The van der Waals surface area contributed by atoms with Gasteiger partial charge in [-0.15, -0.1) is 0 Å². The number of hydrogen-bond donors (Lipinski definition) is 2. The van der Waals surface area contributed by atoms with Gasteiger partial charge in [-0.25, -0.2) is 0 Å². The van der Waals surface area contributed by atoms with E-state index in [1.807, 2.05) is 0 Å². The molecule has 142 valence electrons. The standard InChI is InChI=1S/C22H33N3O/c1-18-12-15-25(16-13-18)21-9-7-20(8-10-21)24-17-22(26)23-14-11-19-5-3-2-4-6-19/h5,7-10,18,24H,2-4,6,11-17H2,1H3,(H,23,26). The summed E-state index contributed by atoms with van der Waals surface area (Å²) in [5, 5.41) is 6.24. The second kappa shape index (κ2) is 9.65. The quantitative estimate of drug-likeness (QED) is 0.715. The Morgan fingerprint density at radius 3 is 2.62 bits per heavy atom. The minimum absolute atomic E-state index is 0.0653. The van der Waals surface area contributed by atoms with Crippen molar-refractivity contribution < 1.29 is 4.79 Å². The second-order valence-electron chi connectivity index (χ2n) is 7.78. The van der Waals surface area contributed by atoms with Crippen molar-refractivity contribution in [1.82, 2.24) is 5.32 Å². The summed E-state index contributed by atoms with van der Waals surface area (Å²) >= 11 is 0. The summed E-state index contributed by atoms with van der Waals surface area (Å²) in [5.41, 5.74) is 3.80. The van der Waals surface area contributed by atoms with Gasteiger partial charge in [0.15, 0.2) is 0 Å². The minimum atomic E-state index is 0.0653. The molecule has 26 heavy (non-hydrogen) atoms. The van der Waals surface area contributed by atoms with Crippen LogP contribution in [0.2, 0.25) is 0 Å². The van der Waals surface area contributed by atoms with E-state index in [0.29, 0.717) is 6.54 Å². The highest BCUT2D eigenvalue weighted by Crippen LogP contribution is 2.24. The van der Waals surface area contributed by atoms with Crippen molar-refractivity contribution in [3.05, 3.63) is 35.9 Å². The van der Waals surface area contributed by atoms with E-state index >= 15 is 0 Å². The molecule has 1 heterocycles. The number of amides is 1. The molecule has 0 radical (unpaired) electrons. The molecule has 2 aliphatic rings. The third-order valence-electron chi connectivity index (χ3n) is 5.62. The van der Waals surface area contributed by atoms with Gasteiger partial charge in [0.05, 0.1) is 6.54 Å². The smallest absolute Gasteiger partial charge is 0.239 e. The molecule has 0 bridgehead atoms. The van der Waals surface area contributed by atoms with Gasteiger partial charge in [0.25, 0.3) is 0 Å². The molecule has 1 fully saturated rings. The van der Waals surface area contributed by atoms with Gasteiger partial charge in [-0.05, 0) is 75.1 Å². The van der Waals surface area contributed by atoms with Gasteiger partial charge in [-0.3, -0.25) is 4.79 Å². The molecule has 1 aromatic rings. The first-order valence-electron chi connectivity index (χ1n) is 10.2. The number of piperidine rings is 1. The van der Waals surface area contributed by atoms with Crippen molar-refractivity contribution in [2.45, 2.75) is 51.9 Å². The number of hydrogen-bond acceptors (Lipinski definition) is 3. The molecule has 0 atom stereocenters. The van der Waals surface area contributed by atoms with Crippen molar-refractivity contribution in [3.63, 3.8) is 0 Å². The molecule has 1 amide bonds. The fraction of sp³-hybridized carbons (Fsp3) is 0.591. The Labute approximate surface area is 158 Å². The van der Waals surface area contributed by atoms with Crippen molar-refractivity contribution in [1.29, 1.82) is 0 Å². The molecule has 4 heteroatoms. The number of nitrogens with one attached hydrogen (secondary N) is 2. The maximum Gasteiger partial charge on any atom is 0.239 e. The van der Waals surface area contributed by atoms with Gasteiger partial charge in [0, 0.05) is 31.0 Å². The first-order valence-corrected chi connectivity index (χ1v) is 10.2. The zero-order chi connectivity index (χ0) is 18.2. The van der Waals surface area contributed by atoms with E-state index < -0.39 is 0 Å². The number of rotatable bonds is 7. The van der Waals surface area contributed by atoms with Crippen LogP contribution in [0.25, 0.3) is 0 Å². The van der Waals surface area contributed by atoms with Gasteiger partial charge in [0.1, 0.15) is 0 Å². The van der Waals surface area contributed by atoms with Crippen molar-refractivity contribution in [3.8, 4) is 0 Å². The summed E-state index contributed by atoms with van der Waals surface area (Å²) in [5.74, 6) is 0.913. The average Bonchev–Trinajstić information content (AvgIpc) is 2.68. The first kappa shape index (κ1) is 18.8. The number of allylic oxidation sites excluding steroid dienone is 1. The maximum atomic E-state index is 12.0. The first-order chi connectivity index (χ1) is 12.7. The summed E-state index contributed by atoms with van der Waals surface area (Å²) in [6.45, 7) is 5.71. The van der Waals surface area contributed by atoms with Crippen LogP contribution in [0.1, 0.15) is 51.9 Å². The number of benzene rings is 1. The largest absolute Gasteiger partial charge is 0.376 e. The number of carbonyl (C=O) groups is 1. The molecule has 1 saturated heterocycles. The molecule has 1 aromatic carbocycles. The Bertz CT molecular complexity index is 600. The molecule has 0 saturated carbocycles. The van der Waals surface area contributed by atoms with Crippen LogP contribution < -0.4 is 15.5 Å². The van der Waals surface area contributed by atoms with Crippen LogP contribution in [0, 0.1) is 5.92 Å². The Morgan fingerprint density at radius 1 is 1.15 bits per heavy atom. The molecule has 3 rings (SSSR count). The van der Waals surface area contributed by atoms with Gasteiger partial charge < -0.3 is 15.5 Å². The molecule has 1 aliphatic heterocycles. The Morgan fingerprint density at radius 2 is 1.92 bits per heavy atom. The Hall–Kier alpha value is -1.97. The zero-order valence-electron chi connectivity index (χ0n) is 16.1. The van der Waals surface area contributed by atoms with Crippen LogP contribution in [0.15, 0.2) is 35.9 Å². The minimum Gasteiger partial charge on any atom is -0.376 e. The van der Waals surface area contributed by atoms with E-state index in [4.69, 9.17) is 0 Å². The lowest BCUT2D eigenvalue weighted by atomic mass is 9.97. The van der Waals surface area contributed by atoms with Crippen LogP contribution in [-0.4, -0.2) is 32.1 Å². The SMILES string of the molecule is CC1CCN(c2ccc(NCC(=O)NCCC3=CCCCC3)cc2)CC1. The molecule has 0 unspecified atom stereocenters. The maximum absolute atomic E-state index is 12.0. The lowest BCUT2D eigenvalue weighted by Crippen LogP contribution is -2.32. The molecule has 0 aromatic heterocycles. The highest BCUT2D eigenvalue weighted by Gasteiger charge is 2.15. The van der Waals surface area contributed by atoms with E-state index in [9.17, 15) is 4.79 Å².